The van der Waals surface area contributed by atoms with Gasteiger partial charge in [0, 0.05) is 17.9 Å². The van der Waals surface area contributed by atoms with Gasteiger partial charge in [-0.15, -0.1) is 0 Å². The van der Waals surface area contributed by atoms with Gasteiger partial charge in [0.1, 0.15) is 0 Å². The fourth-order valence-corrected chi connectivity index (χ4v) is 3.34. The van der Waals surface area contributed by atoms with E-state index < -0.39 is 0 Å². The van der Waals surface area contributed by atoms with Gasteiger partial charge in [0.2, 0.25) is 0 Å². The first-order valence-electron chi connectivity index (χ1n) is 6.46. The number of benzene rings is 1. The van der Waals surface area contributed by atoms with Gasteiger partial charge < -0.3 is 4.90 Å². The average molecular weight is 365 g/mol. The summed E-state index contributed by atoms with van der Waals surface area (Å²) >= 11 is 15.6. The molecule has 104 valence electrons. The summed E-state index contributed by atoms with van der Waals surface area (Å²) in [6.07, 6.45) is 4.55. The number of alkyl halides is 1. The van der Waals surface area contributed by atoms with Gasteiger partial charge in [-0.2, -0.15) is 0 Å². The molecule has 1 fully saturated rings. The third-order valence-electron chi connectivity index (χ3n) is 3.53. The van der Waals surface area contributed by atoms with Crippen LogP contribution in [0.4, 0.5) is 0 Å². The number of nitrogens with zero attached hydrogens (tertiary/aromatic N) is 1. The Morgan fingerprint density at radius 2 is 2.00 bits per heavy atom. The van der Waals surface area contributed by atoms with E-state index in [1.807, 2.05) is 4.90 Å². The molecular formula is C14H16BrCl2NO. The highest BCUT2D eigenvalue weighted by molar-refractivity contribution is 9.09. The molecule has 2 nitrogen and oxygen atoms in total. The molecule has 1 aromatic carbocycles. The lowest BCUT2D eigenvalue weighted by Gasteiger charge is -2.29. The molecular weight excluding hydrogens is 349 g/mol. The molecule has 1 aliphatic carbocycles. The SMILES string of the molecule is O=C(c1cccc(Cl)c1Cl)N(CCBr)C1CCCC1. The fraction of sp³-hybridized carbons (Fsp3) is 0.500. The number of rotatable bonds is 4. The van der Waals surface area contributed by atoms with E-state index >= 15 is 0 Å². The Morgan fingerprint density at radius 3 is 2.63 bits per heavy atom. The minimum absolute atomic E-state index is 0.0150. The molecule has 1 saturated carbocycles. The maximum Gasteiger partial charge on any atom is 0.255 e. The minimum atomic E-state index is -0.0150. The Bertz CT molecular complexity index is 461. The van der Waals surface area contributed by atoms with E-state index in [1.165, 1.54) is 12.8 Å². The summed E-state index contributed by atoms with van der Waals surface area (Å²) in [5.74, 6) is -0.0150. The van der Waals surface area contributed by atoms with E-state index in [4.69, 9.17) is 23.2 Å². The zero-order valence-electron chi connectivity index (χ0n) is 10.5. The third kappa shape index (κ3) is 3.45. The molecule has 2 rings (SSSR count). The van der Waals surface area contributed by atoms with Crippen molar-refractivity contribution in [2.45, 2.75) is 31.7 Å². The van der Waals surface area contributed by atoms with Crippen molar-refractivity contribution in [1.82, 2.24) is 4.90 Å². The van der Waals surface area contributed by atoms with Crippen LogP contribution in [-0.4, -0.2) is 28.7 Å². The highest BCUT2D eigenvalue weighted by Crippen LogP contribution is 2.30. The summed E-state index contributed by atoms with van der Waals surface area (Å²) in [5, 5.41) is 1.55. The number of halogens is 3. The molecule has 1 aliphatic rings. The molecule has 0 heterocycles. The smallest absolute Gasteiger partial charge is 0.255 e. The van der Waals surface area contributed by atoms with E-state index in [0.29, 0.717) is 28.2 Å². The van der Waals surface area contributed by atoms with Crippen LogP contribution in [0.15, 0.2) is 18.2 Å². The van der Waals surface area contributed by atoms with Gasteiger partial charge in [-0.05, 0) is 25.0 Å². The van der Waals surface area contributed by atoms with Gasteiger partial charge in [0.25, 0.3) is 5.91 Å². The van der Waals surface area contributed by atoms with E-state index in [9.17, 15) is 4.79 Å². The third-order valence-corrected chi connectivity index (χ3v) is 4.71. The van der Waals surface area contributed by atoms with Crippen LogP contribution in [0.1, 0.15) is 36.0 Å². The Balaban J connectivity index is 2.25. The zero-order valence-corrected chi connectivity index (χ0v) is 13.6. The second-order valence-corrected chi connectivity index (χ2v) is 6.31. The van der Waals surface area contributed by atoms with Crippen molar-refractivity contribution in [3.63, 3.8) is 0 Å². The van der Waals surface area contributed by atoms with Crippen molar-refractivity contribution in [1.29, 1.82) is 0 Å². The molecule has 19 heavy (non-hydrogen) atoms. The molecule has 0 saturated heterocycles. The molecule has 0 aliphatic heterocycles. The molecule has 0 radical (unpaired) electrons. The normalized spacial score (nSPS) is 15.7. The summed E-state index contributed by atoms with van der Waals surface area (Å²) < 4.78 is 0. The Hall–Kier alpha value is -0.250. The lowest BCUT2D eigenvalue weighted by molar-refractivity contribution is 0.0696. The lowest BCUT2D eigenvalue weighted by atomic mass is 10.1. The molecule has 0 N–H and O–H groups in total. The maximum absolute atomic E-state index is 12.7. The molecule has 0 bridgehead atoms. The highest BCUT2D eigenvalue weighted by Gasteiger charge is 2.28. The van der Waals surface area contributed by atoms with Crippen LogP contribution in [0, 0.1) is 0 Å². The minimum Gasteiger partial charge on any atom is -0.335 e. The first kappa shape index (κ1) is 15.1. The van der Waals surface area contributed by atoms with Crippen molar-refractivity contribution in [2.75, 3.05) is 11.9 Å². The zero-order chi connectivity index (χ0) is 13.8. The van der Waals surface area contributed by atoms with Crippen LogP contribution in [0.2, 0.25) is 10.0 Å². The Labute approximate surface area is 132 Å². The van der Waals surface area contributed by atoms with Gasteiger partial charge in [-0.25, -0.2) is 0 Å². The van der Waals surface area contributed by atoms with Gasteiger partial charge in [0.05, 0.1) is 15.6 Å². The second kappa shape index (κ2) is 6.96. The topological polar surface area (TPSA) is 20.3 Å². The first-order valence-corrected chi connectivity index (χ1v) is 8.34. The summed E-state index contributed by atoms with van der Waals surface area (Å²) in [7, 11) is 0. The molecule has 0 spiro atoms. The van der Waals surface area contributed by atoms with Crippen molar-refractivity contribution >= 4 is 45.0 Å². The number of hydrogen-bond acceptors (Lipinski definition) is 1. The van der Waals surface area contributed by atoms with Crippen LogP contribution >= 0.6 is 39.1 Å². The number of carbonyl (C=O) groups excluding carboxylic acids is 1. The summed E-state index contributed by atoms with van der Waals surface area (Å²) in [6, 6.07) is 5.54. The van der Waals surface area contributed by atoms with Crippen molar-refractivity contribution in [3.8, 4) is 0 Å². The van der Waals surface area contributed by atoms with Crippen LogP contribution in [0.25, 0.3) is 0 Å². The molecule has 1 aromatic rings. The highest BCUT2D eigenvalue weighted by atomic mass is 79.9. The maximum atomic E-state index is 12.7. The number of hydrogen-bond donors (Lipinski definition) is 0. The predicted octanol–water partition coefficient (Wildman–Crippen LogP) is 4.77. The van der Waals surface area contributed by atoms with E-state index in [2.05, 4.69) is 15.9 Å². The standard InChI is InChI=1S/C14H16BrCl2NO/c15-8-9-18(10-4-1-2-5-10)14(19)11-6-3-7-12(16)13(11)17/h3,6-7,10H,1-2,4-5,8-9H2. The van der Waals surface area contributed by atoms with Crippen LogP contribution in [0.5, 0.6) is 0 Å². The van der Waals surface area contributed by atoms with Crippen molar-refractivity contribution in [2.24, 2.45) is 0 Å². The van der Waals surface area contributed by atoms with Crippen LogP contribution in [-0.2, 0) is 0 Å². The lowest BCUT2D eigenvalue weighted by Crippen LogP contribution is -2.40. The first-order chi connectivity index (χ1) is 9.15. The van der Waals surface area contributed by atoms with E-state index in [1.54, 1.807) is 18.2 Å². The van der Waals surface area contributed by atoms with Gasteiger partial charge >= 0.3 is 0 Å². The Morgan fingerprint density at radius 1 is 1.32 bits per heavy atom. The molecule has 0 aromatic heterocycles. The number of amides is 1. The quantitative estimate of drug-likeness (QED) is 0.704. The van der Waals surface area contributed by atoms with Gasteiger partial charge in [0.15, 0.2) is 0 Å². The fourth-order valence-electron chi connectivity index (χ4n) is 2.58. The van der Waals surface area contributed by atoms with Crippen LogP contribution in [0.3, 0.4) is 0 Å². The van der Waals surface area contributed by atoms with Gasteiger partial charge in [-0.1, -0.05) is 58.0 Å². The van der Waals surface area contributed by atoms with Crippen molar-refractivity contribution in [3.05, 3.63) is 33.8 Å². The second-order valence-electron chi connectivity index (χ2n) is 4.73. The molecule has 5 heteroatoms. The summed E-state index contributed by atoms with van der Waals surface area (Å²) in [4.78, 5) is 14.6. The molecule has 0 atom stereocenters. The molecule has 1 amide bonds. The summed E-state index contributed by atoms with van der Waals surface area (Å²) in [5.41, 5.74) is 0.502. The largest absolute Gasteiger partial charge is 0.335 e. The molecule has 0 unspecified atom stereocenters. The average Bonchev–Trinajstić information content (AvgIpc) is 2.92. The summed E-state index contributed by atoms with van der Waals surface area (Å²) in [6.45, 7) is 0.701. The van der Waals surface area contributed by atoms with E-state index in [-0.39, 0.29) is 5.91 Å². The number of carbonyl (C=O) groups is 1. The van der Waals surface area contributed by atoms with E-state index in [0.717, 1.165) is 18.2 Å². The Kier molecular flexibility index (Phi) is 5.55. The van der Waals surface area contributed by atoms with Gasteiger partial charge in [-0.3, -0.25) is 4.79 Å². The van der Waals surface area contributed by atoms with Crippen LogP contribution < -0.4 is 0 Å². The van der Waals surface area contributed by atoms with Crippen molar-refractivity contribution < 1.29 is 4.79 Å². The monoisotopic (exact) mass is 363 g/mol. The predicted molar refractivity (Wildman–Crippen MR) is 83.5 cm³/mol.